The Morgan fingerprint density at radius 1 is 1.53 bits per heavy atom. The number of fused-ring (bicyclic) bond motifs is 1. The number of ether oxygens (including phenoxy) is 1. The zero-order valence-corrected chi connectivity index (χ0v) is 9.00. The molecule has 2 aromatic rings. The Labute approximate surface area is 91.1 Å². The van der Waals surface area contributed by atoms with Crippen LogP contribution in [0.1, 0.15) is 0 Å². The molecule has 0 radical (unpaired) electrons. The van der Waals surface area contributed by atoms with E-state index in [9.17, 15) is 0 Å². The summed E-state index contributed by atoms with van der Waals surface area (Å²) in [6, 6.07) is 7.66. The maximum absolute atomic E-state index is 7.35. The largest absolute Gasteiger partial charge is 0.484 e. The Bertz CT molecular complexity index is 481. The Balaban J connectivity index is 2.18. The van der Waals surface area contributed by atoms with Crippen molar-refractivity contribution < 1.29 is 9.26 Å². The van der Waals surface area contributed by atoms with Gasteiger partial charge >= 0.3 is 0 Å². The summed E-state index contributed by atoms with van der Waals surface area (Å²) in [4.78, 5) is 0. The van der Waals surface area contributed by atoms with E-state index in [-0.39, 0.29) is 5.90 Å². The van der Waals surface area contributed by atoms with Crippen molar-refractivity contribution in [1.82, 2.24) is 5.16 Å². The lowest BCUT2D eigenvalue weighted by molar-refractivity contribution is 0.397. The maximum atomic E-state index is 7.35. The summed E-state index contributed by atoms with van der Waals surface area (Å²) >= 11 is 1.43. The minimum Gasteiger partial charge on any atom is -0.484 e. The summed E-state index contributed by atoms with van der Waals surface area (Å²) in [5, 5.41) is 13.1. The van der Waals surface area contributed by atoms with Crippen LogP contribution in [0.3, 0.4) is 0 Å². The van der Waals surface area contributed by atoms with Crippen LogP contribution in [0.25, 0.3) is 11.0 Å². The molecular weight excluding hydrogens is 212 g/mol. The third kappa shape index (κ3) is 2.12. The van der Waals surface area contributed by atoms with E-state index >= 15 is 0 Å². The molecular formula is C10H10N2O2S. The van der Waals surface area contributed by atoms with Gasteiger partial charge in [-0.25, -0.2) is 0 Å². The lowest BCUT2D eigenvalue weighted by Gasteiger charge is -1.98. The third-order valence-electron chi connectivity index (χ3n) is 1.93. The summed E-state index contributed by atoms with van der Waals surface area (Å²) < 4.78 is 9.90. The van der Waals surface area contributed by atoms with Gasteiger partial charge in [0.1, 0.15) is 5.03 Å². The van der Waals surface area contributed by atoms with Crippen molar-refractivity contribution >= 4 is 28.6 Å². The highest BCUT2D eigenvalue weighted by Gasteiger charge is 2.08. The molecule has 0 spiro atoms. The van der Waals surface area contributed by atoms with Crippen LogP contribution in [-0.2, 0) is 4.74 Å². The summed E-state index contributed by atoms with van der Waals surface area (Å²) in [5.41, 5.74) is 0.768. The number of hydrogen-bond donors (Lipinski definition) is 1. The van der Waals surface area contributed by atoms with Crippen molar-refractivity contribution in [3.05, 3.63) is 24.3 Å². The number of benzene rings is 1. The lowest BCUT2D eigenvalue weighted by atomic mass is 10.3. The van der Waals surface area contributed by atoms with E-state index in [1.54, 1.807) is 0 Å². The minimum atomic E-state index is 0.229. The van der Waals surface area contributed by atoms with Crippen LogP contribution in [0.4, 0.5) is 0 Å². The molecule has 4 nitrogen and oxygen atoms in total. The van der Waals surface area contributed by atoms with Crippen LogP contribution in [-0.4, -0.2) is 23.9 Å². The first-order chi connectivity index (χ1) is 7.31. The van der Waals surface area contributed by atoms with Gasteiger partial charge in [0, 0.05) is 0 Å². The molecule has 0 atom stereocenters. The average Bonchev–Trinajstić information content (AvgIpc) is 2.69. The molecule has 2 rings (SSSR count). The van der Waals surface area contributed by atoms with Gasteiger partial charge < -0.3 is 9.26 Å². The Hall–Kier alpha value is -1.49. The number of rotatable bonds is 3. The molecule has 0 bridgehead atoms. The van der Waals surface area contributed by atoms with E-state index < -0.39 is 0 Å². The molecule has 0 aliphatic carbocycles. The van der Waals surface area contributed by atoms with Gasteiger partial charge in [-0.3, -0.25) is 5.41 Å². The number of thioether (sulfide) groups is 1. The highest BCUT2D eigenvalue weighted by atomic mass is 32.2. The van der Waals surface area contributed by atoms with Gasteiger partial charge in [-0.05, 0) is 12.1 Å². The Kier molecular flexibility index (Phi) is 2.91. The fourth-order valence-electron chi connectivity index (χ4n) is 1.16. The minimum absolute atomic E-state index is 0.229. The van der Waals surface area contributed by atoms with Crippen LogP contribution in [0, 0.1) is 5.41 Å². The Morgan fingerprint density at radius 2 is 2.33 bits per heavy atom. The molecule has 1 N–H and O–H groups in total. The predicted molar refractivity (Wildman–Crippen MR) is 59.5 cm³/mol. The second-order valence-electron chi connectivity index (χ2n) is 2.90. The standard InChI is InChI=1S/C10H10N2O2S/c1-13-9(11)6-15-10-7-4-2-3-5-8(7)14-12-10/h2-5,11H,6H2,1H3. The first-order valence-corrected chi connectivity index (χ1v) is 5.38. The number of nitrogens with zero attached hydrogens (tertiary/aromatic N) is 1. The number of hydrogen-bond acceptors (Lipinski definition) is 5. The zero-order valence-electron chi connectivity index (χ0n) is 8.19. The molecule has 15 heavy (non-hydrogen) atoms. The summed E-state index contributed by atoms with van der Waals surface area (Å²) in [6.45, 7) is 0. The van der Waals surface area contributed by atoms with Gasteiger partial charge in [0.25, 0.3) is 0 Å². The fourth-order valence-corrected chi connectivity index (χ4v) is 1.96. The zero-order chi connectivity index (χ0) is 10.7. The monoisotopic (exact) mass is 222 g/mol. The molecule has 5 heteroatoms. The van der Waals surface area contributed by atoms with E-state index in [1.165, 1.54) is 18.9 Å². The van der Waals surface area contributed by atoms with Gasteiger partial charge in [-0.2, -0.15) is 0 Å². The van der Waals surface area contributed by atoms with Crippen molar-refractivity contribution in [1.29, 1.82) is 5.41 Å². The van der Waals surface area contributed by atoms with Gasteiger partial charge in [-0.1, -0.05) is 29.1 Å². The molecule has 0 aliphatic heterocycles. The quantitative estimate of drug-likeness (QED) is 0.492. The average molecular weight is 222 g/mol. The third-order valence-corrected chi connectivity index (χ3v) is 2.91. The molecule has 0 unspecified atom stereocenters. The Morgan fingerprint density at radius 3 is 3.13 bits per heavy atom. The maximum Gasteiger partial charge on any atom is 0.190 e. The van der Waals surface area contributed by atoms with Gasteiger partial charge in [0.15, 0.2) is 11.5 Å². The van der Waals surface area contributed by atoms with Crippen molar-refractivity contribution in [3.63, 3.8) is 0 Å². The highest BCUT2D eigenvalue weighted by molar-refractivity contribution is 8.00. The summed E-state index contributed by atoms with van der Waals surface area (Å²) in [5.74, 6) is 0.694. The van der Waals surface area contributed by atoms with Crippen molar-refractivity contribution in [2.45, 2.75) is 5.03 Å². The van der Waals surface area contributed by atoms with Crippen molar-refractivity contribution in [3.8, 4) is 0 Å². The summed E-state index contributed by atoms with van der Waals surface area (Å²) in [6.07, 6.45) is 0. The number of methoxy groups -OCH3 is 1. The second kappa shape index (κ2) is 4.35. The van der Waals surface area contributed by atoms with E-state index in [1.807, 2.05) is 24.3 Å². The van der Waals surface area contributed by atoms with E-state index in [2.05, 4.69) is 5.16 Å². The molecule has 0 aliphatic rings. The topological polar surface area (TPSA) is 59.1 Å². The first kappa shape index (κ1) is 10.0. The molecule has 0 saturated carbocycles. The van der Waals surface area contributed by atoms with Crippen molar-refractivity contribution in [2.24, 2.45) is 0 Å². The predicted octanol–water partition coefficient (Wildman–Crippen LogP) is 2.54. The summed E-state index contributed by atoms with van der Waals surface area (Å²) in [7, 11) is 1.49. The molecule has 1 aromatic carbocycles. The van der Waals surface area contributed by atoms with Crippen LogP contribution in [0.2, 0.25) is 0 Å². The molecule has 1 aromatic heterocycles. The van der Waals surface area contributed by atoms with Crippen LogP contribution in [0.15, 0.2) is 33.8 Å². The van der Waals surface area contributed by atoms with Crippen LogP contribution in [0.5, 0.6) is 0 Å². The molecule has 0 fully saturated rings. The first-order valence-electron chi connectivity index (χ1n) is 4.40. The highest BCUT2D eigenvalue weighted by Crippen LogP contribution is 2.26. The van der Waals surface area contributed by atoms with Crippen LogP contribution < -0.4 is 0 Å². The normalized spacial score (nSPS) is 10.5. The molecule has 0 amide bonds. The molecule has 1 heterocycles. The van der Waals surface area contributed by atoms with E-state index in [0.717, 1.165) is 16.0 Å². The van der Waals surface area contributed by atoms with E-state index in [0.29, 0.717) is 5.75 Å². The van der Waals surface area contributed by atoms with Gasteiger partial charge in [-0.15, -0.1) is 0 Å². The fraction of sp³-hybridized carbons (Fsp3) is 0.200. The van der Waals surface area contributed by atoms with Crippen molar-refractivity contribution in [2.75, 3.05) is 12.9 Å². The molecule has 0 saturated heterocycles. The van der Waals surface area contributed by atoms with Crippen LogP contribution >= 0.6 is 11.8 Å². The number of nitrogens with one attached hydrogen (secondary N) is 1. The molecule has 78 valence electrons. The number of para-hydroxylation sites is 1. The van der Waals surface area contributed by atoms with E-state index in [4.69, 9.17) is 14.7 Å². The van der Waals surface area contributed by atoms with Gasteiger partial charge in [0.05, 0.1) is 18.2 Å². The smallest absolute Gasteiger partial charge is 0.190 e. The second-order valence-corrected chi connectivity index (χ2v) is 3.86. The number of aromatic nitrogens is 1. The SMILES string of the molecule is COC(=N)CSc1noc2ccccc12. The lowest BCUT2D eigenvalue weighted by Crippen LogP contribution is -2.01. The van der Waals surface area contributed by atoms with Gasteiger partial charge in [0.2, 0.25) is 0 Å².